The fourth-order valence-corrected chi connectivity index (χ4v) is 3.21. The van der Waals surface area contributed by atoms with Gasteiger partial charge in [-0.05, 0) is 43.7 Å². The number of nitriles is 1. The third-order valence-electron chi connectivity index (χ3n) is 4.89. The largest absolute Gasteiger partial charge is 0.389 e. The summed E-state index contributed by atoms with van der Waals surface area (Å²) in [5.41, 5.74) is 3.00. The second-order valence-electron chi connectivity index (χ2n) is 5.94. The molecule has 3 nitrogen and oxygen atoms in total. The highest BCUT2D eigenvalue weighted by Gasteiger charge is 2.35. The first kappa shape index (κ1) is 14.9. The zero-order chi connectivity index (χ0) is 14.8. The standard InChI is InChI=1S/C17H24N2O/c1-4-17(5-2)8-9-19(12-17)16-10-14(11-18)6-7-15(16)13(3)20/h6-7,10,13,20H,4-5,8-9,12H2,1-3H3/t13-/m0/s1. The van der Waals surface area contributed by atoms with Gasteiger partial charge in [-0.15, -0.1) is 0 Å². The molecular weight excluding hydrogens is 248 g/mol. The van der Waals surface area contributed by atoms with Gasteiger partial charge in [0.05, 0.1) is 17.7 Å². The van der Waals surface area contributed by atoms with E-state index in [1.54, 1.807) is 13.0 Å². The normalized spacial score (nSPS) is 18.9. The van der Waals surface area contributed by atoms with Crippen molar-refractivity contribution in [2.24, 2.45) is 5.41 Å². The first-order valence-corrected chi connectivity index (χ1v) is 7.52. The Hall–Kier alpha value is -1.53. The molecule has 1 aliphatic rings. The molecule has 1 N–H and O–H groups in total. The molecule has 1 aromatic rings. The molecule has 0 amide bonds. The van der Waals surface area contributed by atoms with Crippen LogP contribution in [0.1, 0.15) is 57.3 Å². The molecular formula is C17H24N2O. The summed E-state index contributed by atoms with van der Waals surface area (Å²) in [7, 11) is 0. The lowest BCUT2D eigenvalue weighted by atomic mass is 9.82. The first-order valence-electron chi connectivity index (χ1n) is 7.52. The zero-order valence-electron chi connectivity index (χ0n) is 12.7. The van der Waals surface area contributed by atoms with Gasteiger partial charge in [0, 0.05) is 24.3 Å². The SMILES string of the molecule is CCC1(CC)CCN(c2cc(C#N)ccc2[C@H](C)O)C1. The van der Waals surface area contributed by atoms with E-state index in [0.29, 0.717) is 11.0 Å². The summed E-state index contributed by atoms with van der Waals surface area (Å²) in [5.74, 6) is 0. The average Bonchev–Trinajstić information content (AvgIpc) is 2.91. The summed E-state index contributed by atoms with van der Waals surface area (Å²) >= 11 is 0. The monoisotopic (exact) mass is 272 g/mol. The van der Waals surface area contributed by atoms with Crippen LogP contribution in [-0.2, 0) is 0 Å². The second-order valence-corrected chi connectivity index (χ2v) is 5.94. The molecule has 1 fully saturated rings. The summed E-state index contributed by atoms with van der Waals surface area (Å²) in [6, 6.07) is 7.79. The maximum atomic E-state index is 9.96. The molecule has 0 aliphatic carbocycles. The van der Waals surface area contributed by atoms with Crippen molar-refractivity contribution in [2.75, 3.05) is 18.0 Å². The molecule has 3 heteroatoms. The van der Waals surface area contributed by atoms with E-state index in [9.17, 15) is 5.11 Å². The second kappa shape index (κ2) is 5.85. The molecule has 0 aromatic heterocycles. The molecule has 1 aliphatic heterocycles. The third kappa shape index (κ3) is 2.66. The lowest BCUT2D eigenvalue weighted by Gasteiger charge is -2.28. The number of hydrogen-bond acceptors (Lipinski definition) is 3. The summed E-state index contributed by atoms with van der Waals surface area (Å²) in [6.07, 6.45) is 3.05. The molecule has 0 unspecified atom stereocenters. The summed E-state index contributed by atoms with van der Waals surface area (Å²) < 4.78 is 0. The highest BCUT2D eigenvalue weighted by Crippen LogP contribution is 2.41. The van der Waals surface area contributed by atoms with E-state index >= 15 is 0 Å². The Balaban J connectivity index is 2.35. The number of rotatable bonds is 4. The number of aliphatic hydroxyl groups is 1. The van der Waals surface area contributed by atoms with Crippen LogP contribution in [0.25, 0.3) is 0 Å². The van der Waals surface area contributed by atoms with Gasteiger partial charge in [-0.2, -0.15) is 5.26 Å². The van der Waals surface area contributed by atoms with Gasteiger partial charge in [-0.1, -0.05) is 19.9 Å². The van der Waals surface area contributed by atoms with E-state index in [4.69, 9.17) is 5.26 Å². The fourth-order valence-electron chi connectivity index (χ4n) is 3.21. The Morgan fingerprint density at radius 2 is 2.10 bits per heavy atom. The molecule has 1 atom stereocenters. The summed E-state index contributed by atoms with van der Waals surface area (Å²) in [6.45, 7) is 8.33. The van der Waals surface area contributed by atoms with E-state index in [1.807, 2.05) is 12.1 Å². The van der Waals surface area contributed by atoms with E-state index < -0.39 is 6.10 Å². The van der Waals surface area contributed by atoms with Crippen LogP contribution < -0.4 is 4.90 Å². The van der Waals surface area contributed by atoms with Gasteiger partial charge in [0.25, 0.3) is 0 Å². The zero-order valence-corrected chi connectivity index (χ0v) is 12.7. The smallest absolute Gasteiger partial charge is 0.0992 e. The van der Waals surface area contributed by atoms with Crippen LogP contribution in [0.3, 0.4) is 0 Å². The van der Waals surface area contributed by atoms with Gasteiger partial charge in [0.2, 0.25) is 0 Å². The van der Waals surface area contributed by atoms with E-state index in [-0.39, 0.29) is 0 Å². The molecule has 2 rings (SSSR count). The van der Waals surface area contributed by atoms with Crippen molar-refractivity contribution in [3.05, 3.63) is 29.3 Å². The van der Waals surface area contributed by atoms with Crippen molar-refractivity contribution in [3.8, 4) is 6.07 Å². The molecule has 0 radical (unpaired) electrons. The van der Waals surface area contributed by atoms with Gasteiger partial charge in [-0.25, -0.2) is 0 Å². The van der Waals surface area contributed by atoms with Crippen molar-refractivity contribution in [3.63, 3.8) is 0 Å². The van der Waals surface area contributed by atoms with Crippen LogP contribution in [0.2, 0.25) is 0 Å². The van der Waals surface area contributed by atoms with Crippen LogP contribution >= 0.6 is 0 Å². The predicted molar refractivity (Wildman–Crippen MR) is 81.6 cm³/mol. The Morgan fingerprint density at radius 1 is 1.40 bits per heavy atom. The number of hydrogen-bond donors (Lipinski definition) is 1. The number of anilines is 1. The van der Waals surface area contributed by atoms with Crippen molar-refractivity contribution in [2.45, 2.75) is 46.1 Å². The van der Waals surface area contributed by atoms with Crippen LogP contribution in [-0.4, -0.2) is 18.2 Å². The van der Waals surface area contributed by atoms with Crippen molar-refractivity contribution in [1.29, 1.82) is 5.26 Å². The predicted octanol–water partition coefficient (Wildman–Crippen LogP) is 3.63. The summed E-state index contributed by atoms with van der Waals surface area (Å²) in [4.78, 5) is 2.34. The maximum absolute atomic E-state index is 9.96. The molecule has 0 saturated carbocycles. The third-order valence-corrected chi connectivity index (χ3v) is 4.89. The lowest BCUT2D eigenvalue weighted by molar-refractivity contribution is 0.199. The van der Waals surface area contributed by atoms with Crippen molar-refractivity contribution in [1.82, 2.24) is 0 Å². The van der Waals surface area contributed by atoms with Gasteiger partial charge in [0.15, 0.2) is 0 Å². The maximum Gasteiger partial charge on any atom is 0.0992 e. The van der Waals surface area contributed by atoms with E-state index in [1.165, 1.54) is 19.3 Å². The average molecular weight is 272 g/mol. The van der Waals surface area contributed by atoms with Crippen LogP contribution in [0.5, 0.6) is 0 Å². The Kier molecular flexibility index (Phi) is 4.35. The first-order chi connectivity index (χ1) is 9.55. The number of aliphatic hydroxyl groups excluding tert-OH is 1. The van der Waals surface area contributed by atoms with Gasteiger partial charge >= 0.3 is 0 Å². The number of benzene rings is 1. The van der Waals surface area contributed by atoms with E-state index in [0.717, 1.165) is 24.3 Å². The Morgan fingerprint density at radius 3 is 2.60 bits per heavy atom. The molecule has 0 bridgehead atoms. The molecule has 0 spiro atoms. The highest BCUT2D eigenvalue weighted by molar-refractivity contribution is 5.59. The van der Waals surface area contributed by atoms with Gasteiger partial charge in [0.1, 0.15) is 0 Å². The summed E-state index contributed by atoms with van der Waals surface area (Å²) in [5, 5.41) is 19.1. The minimum absolute atomic E-state index is 0.388. The quantitative estimate of drug-likeness (QED) is 0.910. The topological polar surface area (TPSA) is 47.3 Å². The molecule has 1 aromatic carbocycles. The number of nitrogens with zero attached hydrogens (tertiary/aromatic N) is 2. The highest BCUT2D eigenvalue weighted by atomic mass is 16.3. The van der Waals surface area contributed by atoms with Gasteiger partial charge in [-0.3, -0.25) is 0 Å². The van der Waals surface area contributed by atoms with Crippen LogP contribution in [0.15, 0.2) is 18.2 Å². The van der Waals surface area contributed by atoms with Crippen LogP contribution in [0, 0.1) is 16.7 Å². The van der Waals surface area contributed by atoms with E-state index in [2.05, 4.69) is 24.8 Å². The molecule has 1 saturated heterocycles. The molecule has 20 heavy (non-hydrogen) atoms. The van der Waals surface area contributed by atoms with Crippen molar-refractivity contribution >= 4 is 5.69 Å². The minimum Gasteiger partial charge on any atom is -0.389 e. The lowest BCUT2D eigenvalue weighted by Crippen LogP contribution is -2.27. The molecule has 108 valence electrons. The van der Waals surface area contributed by atoms with Crippen LogP contribution in [0.4, 0.5) is 5.69 Å². The van der Waals surface area contributed by atoms with Crippen molar-refractivity contribution < 1.29 is 5.11 Å². The Labute approximate surface area is 121 Å². The minimum atomic E-state index is -0.504. The molecule has 1 heterocycles. The van der Waals surface area contributed by atoms with Gasteiger partial charge < -0.3 is 10.0 Å². The Bertz CT molecular complexity index is 512. The fraction of sp³-hybridized carbons (Fsp3) is 0.588.